The van der Waals surface area contributed by atoms with Crippen molar-refractivity contribution in [1.29, 1.82) is 0 Å². The van der Waals surface area contributed by atoms with Gasteiger partial charge >= 0.3 is 0 Å². The van der Waals surface area contributed by atoms with Crippen LogP contribution in [-0.4, -0.2) is 30.7 Å². The average molecular weight is 283 g/mol. The van der Waals surface area contributed by atoms with Gasteiger partial charge in [0.05, 0.1) is 6.61 Å². The topological polar surface area (TPSA) is 29.5 Å². The molecule has 118 valence electrons. The maximum atomic E-state index is 12.3. The molecule has 0 aromatic carbocycles. The molecule has 0 bridgehead atoms. The van der Waals surface area contributed by atoms with Crippen LogP contribution < -0.4 is 0 Å². The number of ether oxygens (including phenoxy) is 1. The molecule has 1 rings (SSSR count). The van der Waals surface area contributed by atoms with Crippen molar-refractivity contribution >= 4 is 5.91 Å². The molecule has 1 amide bonds. The van der Waals surface area contributed by atoms with Gasteiger partial charge < -0.3 is 9.64 Å². The van der Waals surface area contributed by atoms with Gasteiger partial charge in [0, 0.05) is 13.0 Å². The molecule has 1 aliphatic rings. The first-order chi connectivity index (χ1) is 9.42. The molecule has 0 aromatic heterocycles. The predicted molar refractivity (Wildman–Crippen MR) is 83.5 cm³/mol. The van der Waals surface area contributed by atoms with Crippen LogP contribution in [0.15, 0.2) is 0 Å². The van der Waals surface area contributed by atoms with Gasteiger partial charge in [0.1, 0.15) is 6.73 Å². The molecule has 0 heterocycles. The summed E-state index contributed by atoms with van der Waals surface area (Å²) in [4.78, 5) is 14.2. The van der Waals surface area contributed by atoms with Gasteiger partial charge in [0.25, 0.3) is 0 Å². The highest BCUT2D eigenvalue weighted by molar-refractivity contribution is 5.76. The molecule has 1 aliphatic carbocycles. The fourth-order valence-corrected chi connectivity index (χ4v) is 2.78. The van der Waals surface area contributed by atoms with Crippen molar-refractivity contribution in [2.24, 2.45) is 11.3 Å². The van der Waals surface area contributed by atoms with Crippen LogP contribution >= 0.6 is 0 Å². The lowest BCUT2D eigenvalue weighted by atomic mass is 9.90. The van der Waals surface area contributed by atoms with Gasteiger partial charge in [-0.1, -0.05) is 47.0 Å². The zero-order valence-electron chi connectivity index (χ0n) is 13.9. The van der Waals surface area contributed by atoms with E-state index in [4.69, 9.17) is 4.74 Å². The quantitative estimate of drug-likeness (QED) is 0.655. The molecule has 0 N–H and O–H groups in total. The lowest BCUT2D eigenvalue weighted by molar-refractivity contribution is -0.139. The Balaban J connectivity index is 2.32. The molecule has 0 saturated heterocycles. The lowest BCUT2D eigenvalue weighted by Gasteiger charge is -2.28. The number of hydrogen-bond acceptors (Lipinski definition) is 2. The standard InChI is InChI=1S/C17H33NO2/c1-5-11-18(16(19)12-17(2,3)4)14-20-13-15-9-7-6-8-10-15/h15H,5-14H2,1-4H3. The van der Waals surface area contributed by atoms with E-state index >= 15 is 0 Å². The normalized spacial score (nSPS) is 17.2. The van der Waals surface area contributed by atoms with E-state index < -0.39 is 0 Å². The summed E-state index contributed by atoms with van der Waals surface area (Å²) >= 11 is 0. The second kappa shape index (κ2) is 8.66. The summed E-state index contributed by atoms with van der Waals surface area (Å²) < 4.78 is 5.83. The van der Waals surface area contributed by atoms with Gasteiger partial charge in [-0.2, -0.15) is 0 Å². The molecule has 1 saturated carbocycles. The van der Waals surface area contributed by atoms with Crippen LogP contribution in [0.25, 0.3) is 0 Å². The second-order valence-electron chi connectivity index (χ2n) is 7.40. The zero-order chi connectivity index (χ0) is 15.0. The first-order valence-electron chi connectivity index (χ1n) is 8.28. The largest absolute Gasteiger partial charge is 0.361 e. The van der Waals surface area contributed by atoms with Gasteiger partial charge in [-0.3, -0.25) is 4.79 Å². The molecule has 3 heteroatoms. The van der Waals surface area contributed by atoms with Crippen molar-refractivity contribution in [2.75, 3.05) is 19.9 Å². The van der Waals surface area contributed by atoms with E-state index in [1.165, 1.54) is 32.1 Å². The Morgan fingerprint density at radius 3 is 2.40 bits per heavy atom. The molecule has 0 unspecified atom stereocenters. The first kappa shape index (κ1) is 17.5. The van der Waals surface area contributed by atoms with Gasteiger partial charge in [0.2, 0.25) is 5.91 Å². The number of nitrogens with zero attached hydrogens (tertiary/aromatic N) is 1. The summed E-state index contributed by atoms with van der Waals surface area (Å²) in [6, 6.07) is 0. The van der Waals surface area contributed by atoms with Crippen molar-refractivity contribution in [3.8, 4) is 0 Å². The van der Waals surface area contributed by atoms with Crippen LogP contribution in [0.2, 0.25) is 0 Å². The minimum atomic E-state index is 0.0481. The molecule has 1 fully saturated rings. The summed E-state index contributed by atoms with van der Waals surface area (Å²) in [5.41, 5.74) is 0.0481. The van der Waals surface area contributed by atoms with Gasteiger partial charge in [-0.05, 0) is 30.6 Å². The maximum Gasteiger partial charge on any atom is 0.224 e. The SMILES string of the molecule is CCCN(COCC1CCCCC1)C(=O)CC(C)(C)C. The summed E-state index contributed by atoms with van der Waals surface area (Å²) in [7, 11) is 0. The van der Waals surface area contributed by atoms with E-state index in [9.17, 15) is 4.79 Å². The van der Waals surface area contributed by atoms with E-state index in [-0.39, 0.29) is 11.3 Å². The Bertz CT molecular complexity index is 277. The van der Waals surface area contributed by atoms with E-state index in [1.807, 2.05) is 4.90 Å². The third-order valence-corrected chi connectivity index (χ3v) is 3.85. The third kappa shape index (κ3) is 7.28. The first-order valence-corrected chi connectivity index (χ1v) is 8.28. The number of carbonyl (C=O) groups excluding carboxylic acids is 1. The maximum absolute atomic E-state index is 12.3. The molecular weight excluding hydrogens is 250 g/mol. The summed E-state index contributed by atoms with van der Waals surface area (Å²) in [6.07, 6.45) is 8.24. The summed E-state index contributed by atoms with van der Waals surface area (Å²) in [5, 5.41) is 0. The van der Waals surface area contributed by atoms with Crippen molar-refractivity contribution < 1.29 is 9.53 Å². The highest BCUT2D eigenvalue weighted by Crippen LogP contribution is 2.24. The molecule has 0 aromatic rings. The number of carbonyl (C=O) groups is 1. The van der Waals surface area contributed by atoms with Crippen LogP contribution in [-0.2, 0) is 9.53 Å². The Morgan fingerprint density at radius 2 is 1.85 bits per heavy atom. The Hall–Kier alpha value is -0.570. The smallest absolute Gasteiger partial charge is 0.224 e. The highest BCUT2D eigenvalue weighted by Gasteiger charge is 2.21. The van der Waals surface area contributed by atoms with Crippen LogP contribution in [0.4, 0.5) is 0 Å². The highest BCUT2D eigenvalue weighted by atomic mass is 16.5. The van der Waals surface area contributed by atoms with E-state index in [0.717, 1.165) is 19.6 Å². The molecule has 0 radical (unpaired) electrons. The fourth-order valence-electron chi connectivity index (χ4n) is 2.78. The van der Waals surface area contributed by atoms with Crippen molar-refractivity contribution in [3.63, 3.8) is 0 Å². The Morgan fingerprint density at radius 1 is 1.20 bits per heavy atom. The van der Waals surface area contributed by atoms with Gasteiger partial charge in [0.15, 0.2) is 0 Å². The second-order valence-corrected chi connectivity index (χ2v) is 7.40. The number of amides is 1. The molecule has 20 heavy (non-hydrogen) atoms. The van der Waals surface area contributed by atoms with Gasteiger partial charge in [-0.15, -0.1) is 0 Å². The minimum absolute atomic E-state index is 0.0481. The Labute approximate surface area is 125 Å². The van der Waals surface area contributed by atoms with Gasteiger partial charge in [-0.25, -0.2) is 0 Å². The van der Waals surface area contributed by atoms with Crippen LogP contribution in [0, 0.1) is 11.3 Å². The van der Waals surface area contributed by atoms with Crippen LogP contribution in [0.5, 0.6) is 0 Å². The predicted octanol–water partition coefficient (Wildman–Crippen LogP) is 4.22. The summed E-state index contributed by atoms with van der Waals surface area (Å²) in [5.74, 6) is 0.938. The molecule has 0 spiro atoms. The fraction of sp³-hybridized carbons (Fsp3) is 0.941. The zero-order valence-corrected chi connectivity index (χ0v) is 13.9. The molecule has 0 atom stereocenters. The molecule has 3 nitrogen and oxygen atoms in total. The average Bonchev–Trinajstić information content (AvgIpc) is 2.37. The van der Waals surface area contributed by atoms with Crippen LogP contribution in [0.1, 0.15) is 72.6 Å². The van der Waals surface area contributed by atoms with E-state index in [0.29, 0.717) is 19.1 Å². The number of hydrogen-bond donors (Lipinski definition) is 0. The minimum Gasteiger partial charge on any atom is -0.361 e. The van der Waals surface area contributed by atoms with Crippen molar-refractivity contribution in [2.45, 2.75) is 72.6 Å². The van der Waals surface area contributed by atoms with Crippen molar-refractivity contribution in [3.05, 3.63) is 0 Å². The van der Waals surface area contributed by atoms with E-state index in [2.05, 4.69) is 27.7 Å². The van der Waals surface area contributed by atoms with Crippen LogP contribution in [0.3, 0.4) is 0 Å². The number of rotatable bonds is 7. The van der Waals surface area contributed by atoms with E-state index in [1.54, 1.807) is 0 Å². The third-order valence-electron chi connectivity index (χ3n) is 3.85. The molecule has 0 aliphatic heterocycles. The molecular formula is C17H33NO2. The van der Waals surface area contributed by atoms with Crippen molar-refractivity contribution in [1.82, 2.24) is 4.90 Å². The Kier molecular flexibility index (Phi) is 7.57. The lowest BCUT2D eigenvalue weighted by Crippen LogP contribution is -2.36. The monoisotopic (exact) mass is 283 g/mol. The summed E-state index contributed by atoms with van der Waals surface area (Å²) in [6.45, 7) is 10.5.